The number of methoxy groups -OCH3 is 2. The molecule has 1 aromatic carbocycles. The molecule has 0 amide bonds. The van der Waals surface area contributed by atoms with Crippen molar-refractivity contribution in [3.05, 3.63) is 16.6 Å². The van der Waals surface area contributed by atoms with Crippen LogP contribution >= 0.6 is 15.9 Å². The topological polar surface area (TPSA) is 76.7 Å². The van der Waals surface area contributed by atoms with Crippen molar-refractivity contribution in [1.82, 2.24) is 10.0 Å². The van der Waals surface area contributed by atoms with Crippen LogP contribution in [0.5, 0.6) is 11.5 Å². The highest BCUT2D eigenvalue weighted by atomic mass is 79.9. The number of nitrogens with one attached hydrogen (secondary N) is 2. The molecule has 1 fully saturated rings. The minimum absolute atomic E-state index is 0.0958. The number of halogens is 1. The third kappa shape index (κ3) is 4.13. The first-order valence-corrected chi connectivity index (χ1v) is 9.40. The maximum absolute atomic E-state index is 12.5. The second-order valence-electron chi connectivity index (χ2n) is 5.14. The summed E-state index contributed by atoms with van der Waals surface area (Å²) in [6.07, 6.45) is 3.24. The first-order chi connectivity index (χ1) is 10.5. The van der Waals surface area contributed by atoms with Crippen molar-refractivity contribution in [3.63, 3.8) is 0 Å². The molecule has 1 saturated heterocycles. The van der Waals surface area contributed by atoms with Crippen LogP contribution in [0.3, 0.4) is 0 Å². The minimum Gasteiger partial charge on any atom is -0.495 e. The summed E-state index contributed by atoms with van der Waals surface area (Å²) in [7, 11) is -0.701. The van der Waals surface area contributed by atoms with Crippen molar-refractivity contribution in [2.24, 2.45) is 0 Å². The zero-order valence-corrected chi connectivity index (χ0v) is 15.1. The normalized spacial score (nSPS) is 19.0. The molecule has 1 aliphatic heterocycles. The van der Waals surface area contributed by atoms with Crippen molar-refractivity contribution < 1.29 is 17.9 Å². The molecule has 0 spiro atoms. The number of piperidine rings is 1. The maximum atomic E-state index is 12.5. The van der Waals surface area contributed by atoms with Crippen LogP contribution in [0.2, 0.25) is 0 Å². The molecule has 0 aromatic heterocycles. The van der Waals surface area contributed by atoms with E-state index in [0.717, 1.165) is 25.8 Å². The molecule has 0 bridgehead atoms. The van der Waals surface area contributed by atoms with E-state index in [-0.39, 0.29) is 16.7 Å². The molecule has 2 N–H and O–H groups in total. The second kappa shape index (κ2) is 7.63. The lowest BCUT2D eigenvalue weighted by Crippen LogP contribution is -2.43. The van der Waals surface area contributed by atoms with Gasteiger partial charge in [0.15, 0.2) is 0 Å². The number of benzene rings is 1. The number of hydrogen-bond donors (Lipinski definition) is 2. The molecule has 1 unspecified atom stereocenters. The van der Waals surface area contributed by atoms with Crippen LogP contribution in [0.15, 0.2) is 21.5 Å². The fourth-order valence-electron chi connectivity index (χ4n) is 2.43. The molecule has 0 saturated carbocycles. The Balaban J connectivity index is 2.19. The van der Waals surface area contributed by atoms with E-state index < -0.39 is 10.0 Å². The predicted molar refractivity (Wildman–Crippen MR) is 88.1 cm³/mol. The minimum atomic E-state index is -3.65. The smallest absolute Gasteiger partial charge is 0.244 e. The highest BCUT2D eigenvalue weighted by Crippen LogP contribution is 2.35. The van der Waals surface area contributed by atoms with Gasteiger partial charge in [-0.05, 0) is 41.4 Å². The number of ether oxygens (including phenoxy) is 2. The Morgan fingerprint density at radius 2 is 2.00 bits per heavy atom. The maximum Gasteiger partial charge on any atom is 0.244 e. The Morgan fingerprint density at radius 3 is 2.59 bits per heavy atom. The van der Waals surface area contributed by atoms with E-state index in [2.05, 4.69) is 26.0 Å². The van der Waals surface area contributed by atoms with E-state index in [4.69, 9.17) is 9.47 Å². The molecule has 1 aliphatic rings. The van der Waals surface area contributed by atoms with Gasteiger partial charge in [-0.1, -0.05) is 6.42 Å². The van der Waals surface area contributed by atoms with Gasteiger partial charge in [0.05, 0.1) is 18.7 Å². The number of rotatable bonds is 6. The van der Waals surface area contributed by atoms with E-state index in [0.29, 0.717) is 16.8 Å². The van der Waals surface area contributed by atoms with Gasteiger partial charge in [-0.2, -0.15) is 0 Å². The number of hydrogen-bond acceptors (Lipinski definition) is 5. The average Bonchev–Trinajstić information content (AvgIpc) is 2.53. The van der Waals surface area contributed by atoms with Gasteiger partial charge < -0.3 is 14.8 Å². The Labute approximate surface area is 139 Å². The lowest BCUT2D eigenvalue weighted by molar-refractivity contribution is 0.383. The van der Waals surface area contributed by atoms with Crippen LogP contribution in [0.4, 0.5) is 0 Å². The molecule has 1 aromatic rings. The molecular formula is C14H21BrN2O4S. The fraction of sp³-hybridized carbons (Fsp3) is 0.571. The Morgan fingerprint density at radius 1 is 1.27 bits per heavy atom. The van der Waals surface area contributed by atoms with Gasteiger partial charge in [0, 0.05) is 18.7 Å². The van der Waals surface area contributed by atoms with E-state index in [1.807, 2.05) is 0 Å². The summed E-state index contributed by atoms with van der Waals surface area (Å²) in [5.41, 5.74) is 0. The van der Waals surface area contributed by atoms with E-state index >= 15 is 0 Å². The Bertz CT molecular complexity index is 616. The second-order valence-corrected chi connectivity index (χ2v) is 7.73. The Hall–Kier alpha value is -0.830. The van der Waals surface area contributed by atoms with Crippen LogP contribution in [-0.4, -0.2) is 41.8 Å². The van der Waals surface area contributed by atoms with Gasteiger partial charge in [0.1, 0.15) is 16.4 Å². The van der Waals surface area contributed by atoms with Crippen molar-refractivity contribution in [1.29, 1.82) is 0 Å². The quantitative estimate of drug-likeness (QED) is 0.772. The van der Waals surface area contributed by atoms with Crippen LogP contribution in [0.1, 0.15) is 19.3 Å². The van der Waals surface area contributed by atoms with Gasteiger partial charge in [-0.15, -0.1) is 0 Å². The van der Waals surface area contributed by atoms with Crippen molar-refractivity contribution in [2.45, 2.75) is 30.2 Å². The monoisotopic (exact) mass is 392 g/mol. The van der Waals surface area contributed by atoms with Crippen molar-refractivity contribution >= 4 is 26.0 Å². The van der Waals surface area contributed by atoms with Crippen molar-refractivity contribution in [2.75, 3.05) is 27.3 Å². The third-order valence-electron chi connectivity index (χ3n) is 3.66. The van der Waals surface area contributed by atoms with Gasteiger partial charge in [0.25, 0.3) is 0 Å². The molecule has 8 heteroatoms. The lowest BCUT2D eigenvalue weighted by Gasteiger charge is -2.23. The fourth-order valence-corrected chi connectivity index (χ4v) is 4.34. The summed E-state index contributed by atoms with van der Waals surface area (Å²) < 4.78 is 38.6. The molecule has 0 aliphatic carbocycles. The lowest BCUT2D eigenvalue weighted by atomic mass is 10.1. The summed E-state index contributed by atoms with van der Waals surface area (Å²) in [4.78, 5) is 0.0958. The highest BCUT2D eigenvalue weighted by molar-refractivity contribution is 9.10. The molecule has 22 heavy (non-hydrogen) atoms. The largest absolute Gasteiger partial charge is 0.495 e. The first-order valence-electron chi connectivity index (χ1n) is 7.12. The predicted octanol–water partition coefficient (Wildman–Crippen LogP) is 1.89. The van der Waals surface area contributed by atoms with Crippen molar-refractivity contribution in [3.8, 4) is 11.5 Å². The summed E-state index contributed by atoms with van der Waals surface area (Å²) >= 11 is 3.31. The summed E-state index contributed by atoms with van der Waals surface area (Å²) in [6, 6.07) is 3.22. The third-order valence-corrected chi connectivity index (χ3v) is 5.72. The van der Waals surface area contributed by atoms with Gasteiger partial charge in [-0.3, -0.25) is 0 Å². The average molecular weight is 393 g/mol. The molecule has 1 atom stereocenters. The molecule has 2 rings (SSSR count). The zero-order valence-electron chi connectivity index (χ0n) is 12.7. The van der Waals surface area contributed by atoms with Crippen LogP contribution < -0.4 is 19.5 Å². The first kappa shape index (κ1) is 17.5. The summed E-state index contributed by atoms with van der Waals surface area (Å²) in [6.45, 7) is 1.30. The molecular weight excluding hydrogens is 372 g/mol. The highest BCUT2D eigenvalue weighted by Gasteiger charge is 2.23. The molecule has 1 heterocycles. The molecule has 6 nitrogen and oxygen atoms in total. The van der Waals surface area contributed by atoms with Crippen LogP contribution in [-0.2, 0) is 10.0 Å². The van der Waals surface area contributed by atoms with E-state index in [1.54, 1.807) is 6.07 Å². The van der Waals surface area contributed by atoms with Gasteiger partial charge in [-0.25, -0.2) is 13.1 Å². The summed E-state index contributed by atoms with van der Waals surface area (Å²) in [5, 5.41) is 3.31. The Kier molecular flexibility index (Phi) is 6.08. The van der Waals surface area contributed by atoms with E-state index in [9.17, 15) is 8.42 Å². The number of sulfonamides is 1. The molecule has 124 valence electrons. The SMILES string of the molecule is COc1cc(OC)c(S(=O)(=O)NCC2CCCCN2)cc1Br. The summed E-state index contributed by atoms with van der Waals surface area (Å²) in [5.74, 6) is 0.772. The molecule has 0 radical (unpaired) electrons. The van der Waals surface area contributed by atoms with Gasteiger partial charge in [0.2, 0.25) is 10.0 Å². The standard InChI is InChI=1S/C14H21BrN2O4S/c1-20-12-8-13(21-2)14(7-11(12)15)22(18,19)17-9-10-5-3-4-6-16-10/h7-8,10,16-17H,3-6,9H2,1-2H3. The van der Waals surface area contributed by atoms with Crippen LogP contribution in [0, 0.1) is 0 Å². The zero-order chi connectivity index (χ0) is 16.2. The van der Waals surface area contributed by atoms with E-state index in [1.165, 1.54) is 20.3 Å². The van der Waals surface area contributed by atoms with Crippen LogP contribution in [0.25, 0.3) is 0 Å². The van der Waals surface area contributed by atoms with Gasteiger partial charge >= 0.3 is 0 Å².